The Hall–Kier alpha value is -1.24. The molecule has 0 aliphatic carbocycles. The molecule has 1 aliphatic rings. The monoisotopic (exact) mass is 195 g/mol. The van der Waals surface area contributed by atoms with Gasteiger partial charge in [-0.15, -0.1) is 12.4 Å². The predicted molar refractivity (Wildman–Crippen MR) is 53.7 cm³/mol. The molecule has 0 saturated heterocycles. The molecule has 0 radical (unpaired) electrons. The Labute approximate surface area is 83.2 Å². The van der Waals surface area contributed by atoms with Crippen molar-refractivity contribution < 1.29 is 0 Å². The highest BCUT2D eigenvalue weighted by Gasteiger charge is 2.10. The lowest BCUT2D eigenvalue weighted by Gasteiger charge is -2.19. The van der Waals surface area contributed by atoms with E-state index in [1.54, 1.807) is 0 Å². The Morgan fingerprint density at radius 1 is 1.38 bits per heavy atom. The molecule has 1 aromatic carbocycles. The zero-order valence-electron chi connectivity index (χ0n) is 7.00. The lowest BCUT2D eigenvalue weighted by Crippen LogP contribution is -2.27. The number of hydrogen-bond acceptors (Lipinski definition) is 3. The van der Waals surface area contributed by atoms with Crippen molar-refractivity contribution in [1.82, 2.24) is 5.32 Å². The molecule has 68 valence electrons. The molecule has 0 aromatic heterocycles. The van der Waals surface area contributed by atoms with Gasteiger partial charge in [-0.1, -0.05) is 12.1 Å². The van der Waals surface area contributed by atoms with Crippen LogP contribution in [-0.4, -0.2) is 6.67 Å². The molecule has 0 spiro atoms. The lowest BCUT2D eigenvalue weighted by atomic mass is 10.1. The van der Waals surface area contributed by atoms with Crippen LogP contribution in [0, 0.1) is 11.3 Å². The van der Waals surface area contributed by atoms with Gasteiger partial charge in [0.25, 0.3) is 0 Å². The number of hydrogen-bond donors (Lipinski definition) is 2. The van der Waals surface area contributed by atoms with Gasteiger partial charge in [0.15, 0.2) is 0 Å². The summed E-state index contributed by atoms with van der Waals surface area (Å²) >= 11 is 0. The van der Waals surface area contributed by atoms with E-state index in [0.29, 0.717) is 0 Å². The third kappa shape index (κ3) is 1.74. The fraction of sp³-hybridized carbons (Fsp3) is 0.222. The number of anilines is 1. The van der Waals surface area contributed by atoms with Crippen molar-refractivity contribution in [3.63, 3.8) is 0 Å². The molecule has 0 bridgehead atoms. The van der Waals surface area contributed by atoms with Gasteiger partial charge >= 0.3 is 0 Å². The summed E-state index contributed by atoms with van der Waals surface area (Å²) in [5.74, 6) is 0. The first-order valence-corrected chi connectivity index (χ1v) is 3.88. The second kappa shape index (κ2) is 4.13. The van der Waals surface area contributed by atoms with E-state index >= 15 is 0 Å². The summed E-state index contributed by atoms with van der Waals surface area (Å²) in [7, 11) is 0. The highest BCUT2D eigenvalue weighted by Crippen LogP contribution is 2.21. The van der Waals surface area contributed by atoms with E-state index in [2.05, 4.69) is 16.7 Å². The van der Waals surface area contributed by atoms with Gasteiger partial charge in [0.05, 0.1) is 17.9 Å². The third-order valence-corrected chi connectivity index (χ3v) is 1.98. The minimum Gasteiger partial charge on any atom is -0.371 e. The van der Waals surface area contributed by atoms with Gasteiger partial charge in [0.2, 0.25) is 0 Å². The van der Waals surface area contributed by atoms with E-state index in [4.69, 9.17) is 5.26 Å². The molecule has 2 N–H and O–H groups in total. The molecule has 0 atom stereocenters. The molecule has 3 nitrogen and oxygen atoms in total. The van der Waals surface area contributed by atoms with Gasteiger partial charge in [-0.3, -0.25) is 5.32 Å². The summed E-state index contributed by atoms with van der Waals surface area (Å²) in [6.45, 7) is 1.59. The van der Waals surface area contributed by atoms with Crippen molar-refractivity contribution >= 4 is 18.1 Å². The average Bonchev–Trinajstić information content (AvgIpc) is 2.17. The first kappa shape index (κ1) is 9.85. The minimum atomic E-state index is 0. The molecule has 1 heterocycles. The summed E-state index contributed by atoms with van der Waals surface area (Å²) in [6.07, 6.45) is 0. The molecular weight excluding hydrogens is 186 g/mol. The normalized spacial score (nSPS) is 13.2. The van der Waals surface area contributed by atoms with Gasteiger partial charge in [-0.2, -0.15) is 5.26 Å². The van der Waals surface area contributed by atoms with E-state index < -0.39 is 0 Å². The van der Waals surface area contributed by atoms with Crippen LogP contribution >= 0.6 is 12.4 Å². The summed E-state index contributed by atoms with van der Waals surface area (Å²) in [4.78, 5) is 0. The van der Waals surface area contributed by atoms with Crippen LogP contribution in [-0.2, 0) is 6.54 Å². The Morgan fingerprint density at radius 2 is 2.23 bits per heavy atom. The van der Waals surface area contributed by atoms with Crippen LogP contribution in [0.4, 0.5) is 5.69 Å². The van der Waals surface area contributed by atoms with Gasteiger partial charge in [-0.05, 0) is 11.6 Å². The maximum Gasteiger partial charge on any atom is 0.101 e. The predicted octanol–water partition coefficient (Wildman–Crippen LogP) is 1.45. The Bertz CT molecular complexity index is 343. The number of halogens is 1. The number of benzene rings is 1. The highest BCUT2D eigenvalue weighted by atomic mass is 35.5. The number of rotatable bonds is 0. The minimum absolute atomic E-state index is 0. The number of nitrogens with zero attached hydrogens (tertiary/aromatic N) is 1. The van der Waals surface area contributed by atoms with E-state index in [-0.39, 0.29) is 12.4 Å². The van der Waals surface area contributed by atoms with Crippen LogP contribution in [0.1, 0.15) is 11.1 Å². The SMILES string of the molecule is Cl.N#Cc1cccc2c1NCNC2. The molecule has 2 rings (SSSR count). The molecular formula is C9H10ClN3. The quantitative estimate of drug-likeness (QED) is 0.659. The molecule has 13 heavy (non-hydrogen) atoms. The molecule has 1 aromatic rings. The number of nitrogens with one attached hydrogen (secondary N) is 2. The topological polar surface area (TPSA) is 47.9 Å². The van der Waals surface area contributed by atoms with Crippen molar-refractivity contribution in [1.29, 1.82) is 5.26 Å². The van der Waals surface area contributed by atoms with Gasteiger partial charge in [0, 0.05) is 6.54 Å². The van der Waals surface area contributed by atoms with Crippen molar-refractivity contribution in [3.8, 4) is 6.07 Å². The lowest BCUT2D eigenvalue weighted by molar-refractivity contribution is 0.709. The van der Waals surface area contributed by atoms with Crippen LogP contribution < -0.4 is 10.6 Å². The van der Waals surface area contributed by atoms with Crippen LogP contribution in [0.5, 0.6) is 0 Å². The van der Waals surface area contributed by atoms with E-state index in [9.17, 15) is 0 Å². The summed E-state index contributed by atoms with van der Waals surface area (Å²) in [5.41, 5.74) is 2.88. The second-order valence-corrected chi connectivity index (χ2v) is 2.73. The molecule has 0 saturated carbocycles. The number of nitriles is 1. The van der Waals surface area contributed by atoms with Crippen molar-refractivity contribution in [3.05, 3.63) is 29.3 Å². The summed E-state index contributed by atoms with van der Waals surface area (Å²) in [5, 5.41) is 15.1. The first-order chi connectivity index (χ1) is 5.92. The van der Waals surface area contributed by atoms with Gasteiger partial charge < -0.3 is 5.32 Å². The third-order valence-electron chi connectivity index (χ3n) is 1.98. The standard InChI is InChI=1S/C9H9N3.ClH/c10-4-7-2-1-3-8-5-11-6-12-9(7)8;/h1-3,11-12H,5-6H2;1H. The van der Waals surface area contributed by atoms with Gasteiger partial charge in [0.1, 0.15) is 6.07 Å². The molecule has 0 unspecified atom stereocenters. The van der Waals surface area contributed by atoms with Crippen LogP contribution in [0.25, 0.3) is 0 Å². The highest BCUT2D eigenvalue weighted by molar-refractivity contribution is 5.85. The maximum absolute atomic E-state index is 8.78. The van der Waals surface area contributed by atoms with E-state index in [1.807, 2.05) is 18.2 Å². The number of fused-ring (bicyclic) bond motifs is 1. The molecule has 4 heteroatoms. The largest absolute Gasteiger partial charge is 0.371 e. The smallest absolute Gasteiger partial charge is 0.101 e. The number of para-hydroxylation sites is 1. The van der Waals surface area contributed by atoms with E-state index in [0.717, 1.165) is 24.5 Å². The summed E-state index contributed by atoms with van der Waals surface area (Å²) in [6, 6.07) is 7.93. The van der Waals surface area contributed by atoms with E-state index in [1.165, 1.54) is 5.56 Å². The van der Waals surface area contributed by atoms with Crippen molar-refractivity contribution in [2.45, 2.75) is 6.54 Å². The van der Waals surface area contributed by atoms with Crippen molar-refractivity contribution in [2.75, 3.05) is 12.0 Å². The molecule has 1 aliphatic heterocycles. The Kier molecular flexibility index (Phi) is 3.13. The Morgan fingerprint density at radius 3 is 3.00 bits per heavy atom. The second-order valence-electron chi connectivity index (χ2n) is 2.73. The fourth-order valence-electron chi connectivity index (χ4n) is 1.40. The summed E-state index contributed by atoms with van der Waals surface area (Å²) < 4.78 is 0. The maximum atomic E-state index is 8.78. The molecule has 0 amide bonds. The van der Waals surface area contributed by atoms with Gasteiger partial charge in [-0.25, -0.2) is 0 Å². The van der Waals surface area contributed by atoms with Crippen LogP contribution in [0.3, 0.4) is 0 Å². The fourth-order valence-corrected chi connectivity index (χ4v) is 1.40. The zero-order valence-corrected chi connectivity index (χ0v) is 7.82. The molecule has 0 fully saturated rings. The van der Waals surface area contributed by atoms with Crippen molar-refractivity contribution in [2.24, 2.45) is 0 Å². The zero-order chi connectivity index (χ0) is 8.39. The van der Waals surface area contributed by atoms with Crippen LogP contribution in [0.15, 0.2) is 18.2 Å². The Balaban J connectivity index is 0.000000845. The first-order valence-electron chi connectivity index (χ1n) is 3.88. The average molecular weight is 196 g/mol. The van der Waals surface area contributed by atoms with Crippen LogP contribution in [0.2, 0.25) is 0 Å².